The van der Waals surface area contributed by atoms with Gasteiger partial charge in [0.1, 0.15) is 0 Å². The molecule has 290 valence electrons. The predicted molar refractivity (Wildman–Crippen MR) is 257 cm³/mol. The van der Waals surface area contributed by atoms with Crippen molar-refractivity contribution in [3.8, 4) is 58.5 Å². The number of unbranched alkanes of at least 4 members (excludes halogenated alkanes) is 14. The minimum atomic E-state index is 1.19. The van der Waals surface area contributed by atoms with E-state index < -0.39 is 0 Å². The van der Waals surface area contributed by atoms with Crippen LogP contribution in [0.1, 0.15) is 128 Å². The highest BCUT2D eigenvalue weighted by Crippen LogP contribution is 2.48. The fraction of sp³-hybridized carbons (Fsp3) is 0.417. The molecule has 0 amide bonds. The Kier molecular flexibility index (Phi) is 16.1. The van der Waals surface area contributed by atoms with E-state index in [4.69, 9.17) is 0 Å². The van der Waals surface area contributed by atoms with Gasteiger partial charge in [0.2, 0.25) is 0 Å². The first-order chi connectivity index (χ1) is 27.2. The third kappa shape index (κ3) is 11.3. The lowest BCUT2D eigenvalue weighted by Crippen LogP contribution is -1.86. The van der Waals surface area contributed by atoms with Crippen LogP contribution in [0.3, 0.4) is 0 Å². The van der Waals surface area contributed by atoms with E-state index in [9.17, 15) is 0 Å². The van der Waals surface area contributed by atoms with E-state index >= 15 is 0 Å². The molecule has 7 heterocycles. The van der Waals surface area contributed by atoms with Gasteiger partial charge in [-0.25, -0.2) is 0 Å². The lowest BCUT2D eigenvalue weighted by molar-refractivity contribution is 0.576. The lowest BCUT2D eigenvalue weighted by atomic mass is 10.0. The van der Waals surface area contributed by atoms with Crippen molar-refractivity contribution < 1.29 is 0 Å². The van der Waals surface area contributed by atoms with E-state index in [0.717, 1.165) is 0 Å². The van der Waals surface area contributed by atoms with Gasteiger partial charge in [-0.1, -0.05) is 116 Å². The van der Waals surface area contributed by atoms with E-state index in [-0.39, 0.29) is 0 Å². The van der Waals surface area contributed by atoms with Gasteiger partial charge in [-0.3, -0.25) is 0 Å². The largest absolute Gasteiger partial charge is 0.143 e. The van der Waals surface area contributed by atoms with Crippen molar-refractivity contribution in [2.24, 2.45) is 0 Å². The summed E-state index contributed by atoms with van der Waals surface area (Å²) < 4.78 is 0. The van der Waals surface area contributed by atoms with Gasteiger partial charge < -0.3 is 0 Å². The molecule has 0 aliphatic rings. The topological polar surface area (TPSA) is 0 Å². The smallest absolute Gasteiger partial charge is 0.0481 e. The first-order valence-corrected chi connectivity index (χ1v) is 26.7. The summed E-state index contributed by atoms with van der Waals surface area (Å²) in [6.45, 7) is 4.60. The maximum absolute atomic E-state index is 2.51. The minimum Gasteiger partial charge on any atom is -0.143 e. The van der Waals surface area contributed by atoms with Crippen molar-refractivity contribution >= 4 is 79.4 Å². The molecule has 0 spiro atoms. The summed E-state index contributed by atoms with van der Waals surface area (Å²) in [5.41, 5.74) is 3.09. The molecular formula is C48H56S7. The monoisotopic (exact) mass is 856 g/mol. The number of rotatable bonds is 24. The maximum atomic E-state index is 2.51. The molecule has 0 saturated heterocycles. The Balaban J connectivity index is 0.998. The molecule has 0 saturated carbocycles. The fourth-order valence-corrected chi connectivity index (χ4v) is 15.0. The second-order valence-electron chi connectivity index (χ2n) is 14.8. The van der Waals surface area contributed by atoms with Gasteiger partial charge in [0.15, 0.2) is 0 Å². The average Bonchev–Trinajstić information content (AvgIpc) is 4.05. The molecule has 7 aromatic heterocycles. The lowest BCUT2D eigenvalue weighted by Gasteiger charge is -2.03. The summed E-state index contributed by atoms with van der Waals surface area (Å²) >= 11 is 13.6. The Labute approximate surface area is 359 Å². The van der Waals surface area contributed by atoms with Crippen LogP contribution in [0, 0.1) is 0 Å². The van der Waals surface area contributed by atoms with E-state index in [2.05, 4.69) is 97.4 Å². The highest BCUT2D eigenvalue weighted by Gasteiger charge is 2.18. The second-order valence-corrected chi connectivity index (χ2v) is 22.1. The zero-order valence-corrected chi connectivity index (χ0v) is 38.4. The van der Waals surface area contributed by atoms with Crippen molar-refractivity contribution in [1.29, 1.82) is 0 Å². The molecule has 0 aliphatic heterocycles. The first-order valence-electron chi connectivity index (χ1n) is 20.8. The minimum absolute atomic E-state index is 1.19. The van der Waals surface area contributed by atoms with Gasteiger partial charge >= 0.3 is 0 Å². The van der Waals surface area contributed by atoms with Crippen LogP contribution in [-0.4, -0.2) is 0 Å². The van der Waals surface area contributed by atoms with E-state index in [1.807, 2.05) is 79.4 Å². The molecule has 0 fully saturated rings. The van der Waals surface area contributed by atoms with Crippen LogP contribution in [0.15, 0.2) is 83.6 Å². The summed E-state index contributed by atoms with van der Waals surface area (Å²) in [7, 11) is 0. The number of hydrogen-bond donors (Lipinski definition) is 0. The van der Waals surface area contributed by atoms with Crippen LogP contribution in [-0.2, 0) is 12.8 Å². The van der Waals surface area contributed by atoms with Gasteiger partial charge in [0, 0.05) is 58.5 Å². The van der Waals surface area contributed by atoms with Gasteiger partial charge in [0.05, 0.1) is 0 Å². The standard InChI is InChI=1S/C48H56S7/c1-3-5-7-9-11-13-15-17-21-35-33-45(54-47(35)43-23-19-31-49-43)41-29-27-39(52-41)37-25-26-38(51-37)40-28-30-42(53-40)46-34-36(48(55-46)44-24-20-32-50-44)22-18-16-14-12-10-8-6-4-2/h19-20,23-34H,3-18,21-22H2,1-2H3. The Hall–Kier alpha value is -2.10. The quantitative estimate of drug-likeness (QED) is 0.0531. The maximum Gasteiger partial charge on any atom is 0.0481 e. The first kappa shape index (κ1) is 41.1. The molecule has 0 aliphatic carbocycles. The Morgan fingerprint density at radius 3 is 0.982 bits per heavy atom. The van der Waals surface area contributed by atoms with Gasteiger partial charge in [-0.15, -0.1) is 79.4 Å². The fourth-order valence-electron chi connectivity index (χ4n) is 7.41. The molecule has 7 heteroatoms. The summed E-state index contributed by atoms with van der Waals surface area (Å²) in [5, 5.41) is 4.45. The van der Waals surface area contributed by atoms with Crippen LogP contribution in [0.5, 0.6) is 0 Å². The molecule has 0 N–H and O–H groups in total. The second kappa shape index (κ2) is 21.6. The Bertz CT molecular complexity index is 1960. The van der Waals surface area contributed by atoms with Crippen molar-refractivity contribution in [1.82, 2.24) is 0 Å². The van der Waals surface area contributed by atoms with Crippen LogP contribution in [0.25, 0.3) is 58.5 Å². The van der Waals surface area contributed by atoms with Gasteiger partial charge in [-0.2, -0.15) is 0 Å². The number of aryl methyl sites for hydroxylation is 2. The Morgan fingerprint density at radius 2 is 0.655 bits per heavy atom. The molecule has 0 unspecified atom stereocenters. The highest BCUT2D eigenvalue weighted by molar-refractivity contribution is 7.31. The summed E-state index contributed by atoms with van der Waals surface area (Å²) in [6, 6.07) is 28.1. The summed E-state index contributed by atoms with van der Waals surface area (Å²) in [5.74, 6) is 0. The SMILES string of the molecule is CCCCCCCCCCc1cc(-c2ccc(-c3ccc(-c4ccc(-c5cc(CCCCCCCCCC)c(-c6cccs6)s5)s4)s3)s2)sc1-c1cccs1. The number of hydrogen-bond acceptors (Lipinski definition) is 7. The van der Waals surface area contributed by atoms with E-state index in [0.29, 0.717) is 0 Å². The molecule has 55 heavy (non-hydrogen) atoms. The van der Waals surface area contributed by atoms with E-state index in [1.165, 1.54) is 174 Å². The average molecular weight is 857 g/mol. The molecule has 0 nitrogen and oxygen atoms in total. The molecule has 7 aromatic rings. The van der Waals surface area contributed by atoms with Crippen molar-refractivity contribution in [2.75, 3.05) is 0 Å². The molecule has 0 radical (unpaired) electrons. The summed E-state index contributed by atoms with van der Waals surface area (Å²) in [6.07, 6.45) is 24.3. The van der Waals surface area contributed by atoms with Crippen LogP contribution in [0.4, 0.5) is 0 Å². The zero-order valence-electron chi connectivity index (χ0n) is 32.7. The van der Waals surface area contributed by atoms with E-state index in [1.54, 1.807) is 11.1 Å². The molecule has 0 bridgehead atoms. The summed E-state index contributed by atoms with van der Waals surface area (Å²) in [4.78, 5) is 17.0. The highest BCUT2D eigenvalue weighted by atomic mass is 32.1. The molecule has 0 aromatic carbocycles. The number of thiophene rings is 7. The zero-order chi connectivity index (χ0) is 37.7. The van der Waals surface area contributed by atoms with Crippen molar-refractivity contribution in [3.63, 3.8) is 0 Å². The van der Waals surface area contributed by atoms with Crippen LogP contribution >= 0.6 is 79.4 Å². The van der Waals surface area contributed by atoms with Gasteiger partial charge in [-0.05, 0) is 108 Å². The van der Waals surface area contributed by atoms with Crippen LogP contribution < -0.4 is 0 Å². The van der Waals surface area contributed by atoms with Crippen molar-refractivity contribution in [3.05, 3.63) is 94.7 Å². The third-order valence-electron chi connectivity index (χ3n) is 10.5. The van der Waals surface area contributed by atoms with Crippen LogP contribution in [0.2, 0.25) is 0 Å². The Morgan fingerprint density at radius 1 is 0.327 bits per heavy atom. The molecule has 7 rings (SSSR count). The van der Waals surface area contributed by atoms with Gasteiger partial charge in [0.25, 0.3) is 0 Å². The molecule has 0 atom stereocenters. The third-order valence-corrected chi connectivity index (χ3v) is 19.0. The predicted octanol–water partition coefficient (Wildman–Crippen LogP) is 19.5. The van der Waals surface area contributed by atoms with Crippen molar-refractivity contribution in [2.45, 2.75) is 129 Å². The molecular weight excluding hydrogens is 801 g/mol. The normalized spacial score (nSPS) is 11.7.